The second-order valence-corrected chi connectivity index (χ2v) is 5.56. The van der Waals surface area contributed by atoms with Crippen molar-refractivity contribution in [1.29, 1.82) is 0 Å². The van der Waals surface area contributed by atoms with E-state index < -0.39 is 0 Å². The minimum Gasteiger partial charge on any atom is -0.496 e. The molecular formula is C21H20N2O3. The van der Waals surface area contributed by atoms with Crippen LogP contribution in [0.5, 0.6) is 11.5 Å². The number of amides is 1. The lowest BCUT2D eigenvalue weighted by Crippen LogP contribution is -2.17. The normalized spacial score (nSPS) is 10.8. The third kappa shape index (κ3) is 3.83. The Hall–Kier alpha value is -3.34. The van der Waals surface area contributed by atoms with Gasteiger partial charge in [-0.05, 0) is 48.0 Å². The Morgan fingerprint density at radius 3 is 2.58 bits per heavy atom. The number of hydrogen-bond acceptors (Lipinski definition) is 4. The van der Waals surface area contributed by atoms with Crippen molar-refractivity contribution in [3.8, 4) is 11.5 Å². The van der Waals surface area contributed by atoms with Gasteiger partial charge in [0.05, 0.1) is 19.9 Å². The molecule has 0 aliphatic rings. The van der Waals surface area contributed by atoms with Gasteiger partial charge in [0.1, 0.15) is 11.5 Å². The number of methoxy groups -OCH3 is 1. The monoisotopic (exact) mass is 348 g/mol. The number of fused-ring (bicyclic) bond motifs is 1. The summed E-state index contributed by atoms with van der Waals surface area (Å²) in [6, 6.07) is 18.7. The number of rotatable bonds is 6. The Balaban J connectivity index is 1.78. The Morgan fingerprint density at radius 2 is 1.85 bits per heavy atom. The summed E-state index contributed by atoms with van der Waals surface area (Å²) in [6.07, 6.45) is 1.60. The average molecular weight is 348 g/mol. The number of carbonyl (C=O) groups is 1. The third-order valence-corrected chi connectivity index (χ3v) is 3.94. The largest absolute Gasteiger partial charge is 0.496 e. The van der Waals surface area contributed by atoms with Crippen molar-refractivity contribution in [3.63, 3.8) is 0 Å². The van der Waals surface area contributed by atoms with Crippen LogP contribution in [-0.2, 0) is 0 Å². The maximum Gasteiger partial charge on any atom is 0.271 e. The van der Waals surface area contributed by atoms with Gasteiger partial charge in [-0.15, -0.1) is 0 Å². The molecular weight excluding hydrogens is 328 g/mol. The van der Waals surface area contributed by atoms with Crippen LogP contribution in [0.3, 0.4) is 0 Å². The number of nitrogens with one attached hydrogen (secondary N) is 1. The summed E-state index contributed by atoms with van der Waals surface area (Å²) in [5, 5.41) is 6.18. The lowest BCUT2D eigenvalue weighted by atomic mass is 10.0. The van der Waals surface area contributed by atoms with Crippen LogP contribution in [0.2, 0.25) is 0 Å². The van der Waals surface area contributed by atoms with Crippen LogP contribution >= 0.6 is 0 Å². The fraction of sp³-hybridized carbons (Fsp3) is 0.143. The summed E-state index contributed by atoms with van der Waals surface area (Å²) in [6.45, 7) is 2.50. The zero-order valence-electron chi connectivity index (χ0n) is 14.7. The zero-order valence-corrected chi connectivity index (χ0v) is 14.7. The fourth-order valence-electron chi connectivity index (χ4n) is 2.68. The number of carbonyl (C=O) groups excluding carboxylic acids is 1. The van der Waals surface area contributed by atoms with E-state index in [0.29, 0.717) is 17.9 Å². The van der Waals surface area contributed by atoms with Crippen molar-refractivity contribution in [2.24, 2.45) is 5.10 Å². The molecule has 0 saturated heterocycles. The van der Waals surface area contributed by atoms with Gasteiger partial charge >= 0.3 is 0 Å². The zero-order chi connectivity index (χ0) is 18.4. The molecule has 0 heterocycles. The lowest BCUT2D eigenvalue weighted by Gasteiger charge is -2.08. The molecule has 132 valence electrons. The Kier molecular flexibility index (Phi) is 5.49. The maximum atomic E-state index is 12.2. The summed E-state index contributed by atoms with van der Waals surface area (Å²) in [5.74, 6) is 1.14. The Bertz CT molecular complexity index is 934. The van der Waals surface area contributed by atoms with Crippen molar-refractivity contribution in [1.82, 2.24) is 5.43 Å². The van der Waals surface area contributed by atoms with Crippen LogP contribution in [0, 0.1) is 0 Å². The summed E-state index contributed by atoms with van der Waals surface area (Å²) < 4.78 is 10.8. The molecule has 0 saturated carbocycles. The molecule has 0 aliphatic heterocycles. The van der Waals surface area contributed by atoms with Crippen LogP contribution in [0.25, 0.3) is 10.8 Å². The fourth-order valence-corrected chi connectivity index (χ4v) is 2.68. The molecule has 0 fully saturated rings. The first kappa shape index (κ1) is 17.5. The summed E-state index contributed by atoms with van der Waals surface area (Å²) in [4.78, 5) is 12.2. The number of nitrogens with zero attached hydrogens (tertiary/aromatic N) is 1. The first-order chi connectivity index (χ1) is 12.7. The molecule has 0 radical (unpaired) electrons. The first-order valence-electron chi connectivity index (χ1n) is 8.35. The van der Waals surface area contributed by atoms with Crippen LogP contribution < -0.4 is 14.9 Å². The van der Waals surface area contributed by atoms with Gasteiger partial charge in [0.25, 0.3) is 5.91 Å². The predicted molar refractivity (Wildman–Crippen MR) is 103 cm³/mol. The minimum absolute atomic E-state index is 0.288. The second-order valence-electron chi connectivity index (χ2n) is 5.56. The van der Waals surface area contributed by atoms with Crippen molar-refractivity contribution < 1.29 is 14.3 Å². The van der Waals surface area contributed by atoms with Crippen molar-refractivity contribution in [2.75, 3.05) is 13.7 Å². The van der Waals surface area contributed by atoms with E-state index >= 15 is 0 Å². The second kappa shape index (κ2) is 8.16. The molecule has 3 aromatic carbocycles. The van der Waals surface area contributed by atoms with E-state index in [1.807, 2.05) is 43.3 Å². The van der Waals surface area contributed by atoms with Gasteiger partial charge in [0.15, 0.2) is 0 Å². The quantitative estimate of drug-likeness (QED) is 0.541. The first-order valence-corrected chi connectivity index (χ1v) is 8.35. The molecule has 5 heteroatoms. The van der Waals surface area contributed by atoms with E-state index in [9.17, 15) is 4.79 Å². The van der Waals surface area contributed by atoms with E-state index in [-0.39, 0.29) is 5.91 Å². The van der Waals surface area contributed by atoms with E-state index in [1.165, 1.54) is 0 Å². The van der Waals surface area contributed by atoms with Gasteiger partial charge in [-0.1, -0.05) is 30.3 Å². The molecule has 0 atom stereocenters. The Morgan fingerprint density at radius 1 is 1.08 bits per heavy atom. The highest BCUT2D eigenvalue weighted by Crippen LogP contribution is 2.26. The van der Waals surface area contributed by atoms with Crippen LogP contribution in [0.1, 0.15) is 22.8 Å². The molecule has 5 nitrogen and oxygen atoms in total. The van der Waals surface area contributed by atoms with Gasteiger partial charge in [0.2, 0.25) is 0 Å². The van der Waals surface area contributed by atoms with Gasteiger partial charge < -0.3 is 9.47 Å². The molecule has 26 heavy (non-hydrogen) atoms. The minimum atomic E-state index is -0.288. The molecule has 0 aromatic heterocycles. The van der Waals surface area contributed by atoms with Gasteiger partial charge in [0, 0.05) is 11.1 Å². The number of benzene rings is 3. The van der Waals surface area contributed by atoms with Gasteiger partial charge in [-0.2, -0.15) is 5.10 Å². The van der Waals surface area contributed by atoms with E-state index in [0.717, 1.165) is 22.1 Å². The molecule has 0 spiro atoms. The van der Waals surface area contributed by atoms with Crippen molar-refractivity contribution >= 4 is 22.9 Å². The van der Waals surface area contributed by atoms with E-state index in [4.69, 9.17) is 9.47 Å². The molecule has 3 aromatic rings. The molecule has 0 bridgehead atoms. The SMILES string of the molecule is CCOc1ccc(C(=O)N/N=C\c2c(OC)ccc3ccccc23)cc1. The topological polar surface area (TPSA) is 59.9 Å². The Labute approximate surface area is 152 Å². The summed E-state index contributed by atoms with van der Waals surface area (Å²) >= 11 is 0. The summed E-state index contributed by atoms with van der Waals surface area (Å²) in [7, 11) is 1.61. The highest BCUT2D eigenvalue weighted by atomic mass is 16.5. The number of hydrazone groups is 1. The molecule has 1 amide bonds. The lowest BCUT2D eigenvalue weighted by molar-refractivity contribution is 0.0955. The molecule has 0 aliphatic carbocycles. The van der Waals surface area contributed by atoms with Gasteiger partial charge in [-0.25, -0.2) is 5.43 Å². The van der Waals surface area contributed by atoms with Crippen molar-refractivity contribution in [2.45, 2.75) is 6.92 Å². The highest BCUT2D eigenvalue weighted by molar-refractivity contribution is 6.03. The average Bonchev–Trinajstić information content (AvgIpc) is 2.68. The predicted octanol–water partition coefficient (Wildman–Crippen LogP) is 4.01. The number of hydrogen-bond donors (Lipinski definition) is 1. The highest BCUT2D eigenvalue weighted by Gasteiger charge is 2.07. The van der Waals surface area contributed by atoms with Crippen LogP contribution in [0.4, 0.5) is 0 Å². The van der Waals surface area contributed by atoms with E-state index in [1.54, 1.807) is 37.6 Å². The third-order valence-electron chi connectivity index (χ3n) is 3.94. The van der Waals surface area contributed by atoms with Crippen molar-refractivity contribution in [3.05, 3.63) is 71.8 Å². The van der Waals surface area contributed by atoms with Crippen LogP contribution in [-0.4, -0.2) is 25.8 Å². The van der Waals surface area contributed by atoms with E-state index in [2.05, 4.69) is 10.5 Å². The standard InChI is InChI=1S/C21H20N2O3/c1-3-26-17-11-8-16(9-12-17)21(24)23-22-14-19-18-7-5-4-6-15(18)10-13-20(19)25-2/h4-14H,3H2,1-2H3,(H,23,24)/b22-14-. The number of ether oxygens (including phenoxy) is 2. The summed E-state index contributed by atoms with van der Waals surface area (Å²) in [5.41, 5.74) is 3.88. The molecule has 3 rings (SSSR count). The molecule has 1 N–H and O–H groups in total. The van der Waals surface area contributed by atoms with Gasteiger partial charge in [-0.3, -0.25) is 4.79 Å². The molecule has 0 unspecified atom stereocenters. The smallest absolute Gasteiger partial charge is 0.271 e. The van der Waals surface area contributed by atoms with Crippen LogP contribution in [0.15, 0.2) is 65.8 Å². The maximum absolute atomic E-state index is 12.2.